The van der Waals surface area contributed by atoms with Crippen LogP contribution >= 0.6 is 0 Å². The molecule has 2 aliphatic rings. The van der Waals surface area contributed by atoms with E-state index in [9.17, 15) is 0 Å². The summed E-state index contributed by atoms with van der Waals surface area (Å²) in [6.45, 7) is 2.39. The monoisotopic (exact) mass is 205 g/mol. The molecule has 1 saturated carbocycles. The van der Waals surface area contributed by atoms with Crippen molar-refractivity contribution in [3.63, 3.8) is 0 Å². The average Bonchev–Trinajstić information content (AvgIpc) is 3.02. The Morgan fingerprint density at radius 2 is 2.07 bits per heavy atom. The summed E-state index contributed by atoms with van der Waals surface area (Å²) < 4.78 is 2.16. The van der Waals surface area contributed by atoms with E-state index in [1.165, 1.54) is 50.8 Å². The molecule has 0 bridgehead atoms. The van der Waals surface area contributed by atoms with E-state index in [1.807, 2.05) is 0 Å². The maximum absolute atomic E-state index is 4.44. The topological polar surface area (TPSA) is 29.9 Å². The van der Waals surface area contributed by atoms with Crippen LogP contribution in [0.1, 0.15) is 37.3 Å². The second kappa shape index (κ2) is 3.97. The van der Waals surface area contributed by atoms with Gasteiger partial charge in [0.15, 0.2) is 0 Å². The highest BCUT2D eigenvalue weighted by molar-refractivity contribution is 5.07. The zero-order valence-corrected chi connectivity index (χ0v) is 9.15. The molecule has 1 aromatic heterocycles. The highest BCUT2D eigenvalue weighted by Gasteiger charge is 2.24. The van der Waals surface area contributed by atoms with E-state index in [-0.39, 0.29) is 0 Å². The number of rotatable bonds is 3. The Kier molecular flexibility index (Phi) is 2.49. The summed E-state index contributed by atoms with van der Waals surface area (Å²) in [7, 11) is 0. The lowest BCUT2D eigenvalue weighted by Crippen LogP contribution is -2.28. The highest BCUT2D eigenvalue weighted by atomic mass is 15.3. The molecule has 0 unspecified atom stereocenters. The van der Waals surface area contributed by atoms with E-state index in [0.29, 0.717) is 0 Å². The van der Waals surface area contributed by atoms with Crippen molar-refractivity contribution < 1.29 is 0 Å². The Balaban J connectivity index is 1.60. The van der Waals surface area contributed by atoms with Crippen LogP contribution in [0.2, 0.25) is 0 Å². The van der Waals surface area contributed by atoms with Crippen molar-refractivity contribution in [1.82, 2.24) is 15.1 Å². The van der Waals surface area contributed by atoms with Crippen LogP contribution in [0.15, 0.2) is 12.4 Å². The molecule has 1 aliphatic carbocycles. The van der Waals surface area contributed by atoms with Crippen LogP contribution in [0.3, 0.4) is 0 Å². The summed E-state index contributed by atoms with van der Waals surface area (Å²) in [5.74, 6) is 0.878. The molecule has 3 nitrogen and oxygen atoms in total. The molecule has 2 heterocycles. The lowest BCUT2D eigenvalue weighted by Gasteiger charge is -2.21. The van der Waals surface area contributed by atoms with Crippen molar-refractivity contribution in [3.8, 4) is 0 Å². The molecule has 0 aromatic carbocycles. The molecule has 1 aliphatic heterocycles. The predicted octanol–water partition coefficient (Wildman–Crippen LogP) is 1.76. The number of hydrogen-bond donors (Lipinski definition) is 1. The van der Waals surface area contributed by atoms with Crippen LogP contribution in [0, 0.1) is 5.92 Å². The van der Waals surface area contributed by atoms with E-state index in [1.54, 1.807) is 0 Å². The summed E-state index contributed by atoms with van der Waals surface area (Å²) in [5.41, 5.74) is 1.44. The average molecular weight is 205 g/mol. The normalized spacial score (nSPS) is 23.2. The third-order valence-corrected chi connectivity index (χ3v) is 3.56. The predicted molar refractivity (Wildman–Crippen MR) is 59.8 cm³/mol. The van der Waals surface area contributed by atoms with Crippen molar-refractivity contribution in [3.05, 3.63) is 18.0 Å². The van der Waals surface area contributed by atoms with Crippen molar-refractivity contribution in [1.29, 1.82) is 0 Å². The van der Waals surface area contributed by atoms with Gasteiger partial charge in [0.05, 0.1) is 12.2 Å². The maximum Gasteiger partial charge on any atom is 0.0521 e. The summed E-state index contributed by atoms with van der Waals surface area (Å²) in [5, 5.41) is 7.86. The van der Waals surface area contributed by atoms with Crippen LogP contribution < -0.4 is 5.32 Å². The first-order valence-electron chi connectivity index (χ1n) is 6.15. The van der Waals surface area contributed by atoms with Gasteiger partial charge in [-0.3, -0.25) is 4.68 Å². The lowest BCUT2D eigenvalue weighted by molar-refractivity contribution is 0.372. The molecule has 3 heteroatoms. The fourth-order valence-electron chi connectivity index (χ4n) is 2.44. The van der Waals surface area contributed by atoms with Crippen LogP contribution in [-0.4, -0.2) is 22.9 Å². The second-order valence-corrected chi connectivity index (χ2v) is 4.96. The van der Waals surface area contributed by atoms with Gasteiger partial charge >= 0.3 is 0 Å². The Morgan fingerprint density at radius 1 is 1.27 bits per heavy atom. The molecule has 0 amide bonds. The molecule has 2 fully saturated rings. The molecule has 1 N–H and O–H groups in total. The van der Waals surface area contributed by atoms with Crippen molar-refractivity contribution in [2.45, 2.75) is 38.1 Å². The van der Waals surface area contributed by atoms with Crippen molar-refractivity contribution in [2.24, 2.45) is 5.92 Å². The number of piperidine rings is 1. The highest BCUT2D eigenvalue weighted by Crippen LogP contribution is 2.34. The van der Waals surface area contributed by atoms with Gasteiger partial charge < -0.3 is 5.32 Å². The minimum Gasteiger partial charge on any atom is -0.317 e. The molecular weight excluding hydrogens is 186 g/mol. The van der Waals surface area contributed by atoms with Gasteiger partial charge in [0.1, 0.15) is 0 Å². The van der Waals surface area contributed by atoms with Crippen LogP contribution in [-0.2, 0) is 6.42 Å². The quantitative estimate of drug-likeness (QED) is 0.815. The number of hydrogen-bond acceptors (Lipinski definition) is 2. The Morgan fingerprint density at radius 3 is 2.80 bits per heavy atom. The summed E-state index contributed by atoms with van der Waals surface area (Å²) in [6.07, 6.45) is 10.9. The van der Waals surface area contributed by atoms with E-state index in [4.69, 9.17) is 0 Å². The summed E-state index contributed by atoms with van der Waals surface area (Å²) >= 11 is 0. The number of nitrogens with one attached hydrogen (secondary N) is 1. The minimum absolute atomic E-state index is 0.728. The van der Waals surface area contributed by atoms with E-state index >= 15 is 0 Å². The second-order valence-electron chi connectivity index (χ2n) is 4.96. The van der Waals surface area contributed by atoms with Gasteiger partial charge in [-0.15, -0.1) is 0 Å². The SMILES string of the molecule is c1nn(C2CC2)cc1CC1CCNCC1. The van der Waals surface area contributed by atoms with Gasteiger partial charge in [0.2, 0.25) is 0 Å². The third kappa shape index (κ3) is 2.23. The zero-order valence-electron chi connectivity index (χ0n) is 9.15. The summed E-state index contributed by atoms with van der Waals surface area (Å²) in [4.78, 5) is 0. The first-order valence-corrected chi connectivity index (χ1v) is 6.15. The van der Waals surface area contributed by atoms with Gasteiger partial charge in [0.25, 0.3) is 0 Å². The van der Waals surface area contributed by atoms with Crippen molar-refractivity contribution in [2.75, 3.05) is 13.1 Å². The molecular formula is C12H19N3. The minimum atomic E-state index is 0.728. The lowest BCUT2D eigenvalue weighted by atomic mass is 9.92. The van der Waals surface area contributed by atoms with Gasteiger partial charge in [-0.1, -0.05) is 0 Å². The number of aromatic nitrogens is 2. The molecule has 3 rings (SSSR count). The molecule has 0 spiro atoms. The molecule has 82 valence electrons. The van der Waals surface area contributed by atoms with Crippen LogP contribution in [0.5, 0.6) is 0 Å². The Labute approximate surface area is 90.9 Å². The standard InChI is InChI=1S/C12H19N3/c1-2-12(1)15-9-11(8-14-15)7-10-3-5-13-6-4-10/h8-10,12-13H,1-7H2. The van der Waals surface area contributed by atoms with Gasteiger partial charge in [-0.25, -0.2) is 0 Å². The van der Waals surface area contributed by atoms with Gasteiger partial charge in [-0.2, -0.15) is 5.10 Å². The van der Waals surface area contributed by atoms with Crippen LogP contribution in [0.4, 0.5) is 0 Å². The van der Waals surface area contributed by atoms with Gasteiger partial charge in [0, 0.05) is 6.20 Å². The molecule has 15 heavy (non-hydrogen) atoms. The molecule has 0 atom stereocenters. The largest absolute Gasteiger partial charge is 0.317 e. The van der Waals surface area contributed by atoms with E-state index in [0.717, 1.165) is 12.0 Å². The molecule has 1 aromatic rings. The van der Waals surface area contributed by atoms with Gasteiger partial charge in [-0.05, 0) is 56.7 Å². The van der Waals surface area contributed by atoms with E-state index < -0.39 is 0 Å². The maximum atomic E-state index is 4.44. The zero-order chi connectivity index (χ0) is 10.1. The Hall–Kier alpha value is -0.830. The summed E-state index contributed by atoms with van der Waals surface area (Å²) in [6, 6.07) is 0.728. The van der Waals surface area contributed by atoms with E-state index in [2.05, 4.69) is 27.5 Å². The third-order valence-electron chi connectivity index (χ3n) is 3.56. The van der Waals surface area contributed by atoms with Crippen LogP contribution in [0.25, 0.3) is 0 Å². The fourth-order valence-corrected chi connectivity index (χ4v) is 2.44. The fraction of sp³-hybridized carbons (Fsp3) is 0.750. The van der Waals surface area contributed by atoms with Crippen molar-refractivity contribution >= 4 is 0 Å². The molecule has 1 saturated heterocycles. The first-order chi connectivity index (χ1) is 7.42. The molecule has 0 radical (unpaired) electrons. The number of nitrogens with zero attached hydrogens (tertiary/aromatic N) is 2. The Bertz CT molecular complexity index is 321. The first kappa shape index (κ1) is 9.40. The smallest absolute Gasteiger partial charge is 0.0521 e.